The number of hydrogen-bond acceptors (Lipinski definition) is 2. The minimum Gasteiger partial charge on any atom is -0.310 e. The van der Waals surface area contributed by atoms with Crippen LogP contribution < -0.4 is 9.80 Å². The predicted octanol–water partition coefficient (Wildman–Crippen LogP) is 21.9. The van der Waals surface area contributed by atoms with Crippen molar-refractivity contribution in [1.82, 2.24) is 9.13 Å². The Labute approximate surface area is 484 Å². The van der Waals surface area contributed by atoms with Crippen LogP contribution in [0.2, 0.25) is 0 Å². The van der Waals surface area contributed by atoms with Gasteiger partial charge in [0.2, 0.25) is 0 Å². The maximum atomic E-state index is 2.55. The van der Waals surface area contributed by atoms with Crippen LogP contribution in [0.5, 0.6) is 0 Å². The number of aromatic nitrogens is 2. The Morgan fingerprint density at radius 3 is 1.40 bits per heavy atom. The first-order valence-electron chi connectivity index (χ1n) is 29.0. The molecule has 0 spiro atoms. The lowest BCUT2D eigenvalue weighted by Crippen LogP contribution is -2.16. The number of allylic oxidation sites excluding steroid dienone is 5. The molecule has 0 radical (unpaired) electrons. The van der Waals surface area contributed by atoms with Gasteiger partial charge in [-0.2, -0.15) is 0 Å². The third-order valence-electron chi connectivity index (χ3n) is 17.3. The molecule has 5 heteroatoms. The molecular formula is C78H57N4P. The van der Waals surface area contributed by atoms with E-state index in [0.29, 0.717) is 11.8 Å². The van der Waals surface area contributed by atoms with Gasteiger partial charge in [0, 0.05) is 82.8 Å². The van der Waals surface area contributed by atoms with Crippen LogP contribution in [0.1, 0.15) is 17.3 Å². The summed E-state index contributed by atoms with van der Waals surface area (Å²) in [5, 5.41) is 10.4. The monoisotopic (exact) mass is 1080 g/mol. The highest BCUT2D eigenvalue weighted by atomic mass is 31.1. The van der Waals surface area contributed by atoms with E-state index >= 15 is 0 Å². The van der Waals surface area contributed by atoms with Crippen LogP contribution in [0.4, 0.5) is 34.1 Å². The Balaban J connectivity index is 0.967. The number of nitrogens with zero attached hydrogens (tertiary/aromatic N) is 4. The summed E-state index contributed by atoms with van der Waals surface area (Å²) in [7, 11) is -1.04. The second-order valence-corrected chi connectivity index (χ2v) is 24.2. The van der Waals surface area contributed by atoms with Crippen molar-refractivity contribution in [2.75, 3.05) is 9.80 Å². The third kappa shape index (κ3) is 8.44. The molecule has 2 aliphatic rings. The van der Waals surface area contributed by atoms with Crippen molar-refractivity contribution in [2.45, 2.75) is 12.8 Å². The van der Waals surface area contributed by atoms with Crippen molar-refractivity contribution >= 4 is 102 Å². The zero-order chi connectivity index (χ0) is 54.8. The van der Waals surface area contributed by atoms with Crippen LogP contribution >= 0.6 is 7.53 Å². The lowest BCUT2D eigenvalue weighted by atomic mass is 9.80. The van der Waals surface area contributed by atoms with E-state index in [1.165, 1.54) is 81.4 Å². The van der Waals surface area contributed by atoms with Crippen LogP contribution in [0, 0.1) is 11.8 Å². The maximum absolute atomic E-state index is 2.55. The summed E-state index contributed by atoms with van der Waals surface area (Å²) in [5.41, 5.74) is 17.5. The molecule has 0 aliphatic heterocycles. The van der Waals surface area contributed by atoms with E-state index < -0.39 is 7.53 Å². The molecule has 3 heterocycles. The highest BCUT2D eigenvalue weighted by molar-refractivity contribution is 7.64. The normalized spacial score (nSPS) is 15.0. The summed E-state index contributed by atoms with van der Waals surface area (Å²) in [6, 6.07) is 101. The summed E-state index contributed by atoms with van der Waals surface area (Å²) in [5.74, 6) is 0.873. The van der Waals surface area contributed by atoms with Crippen molar-refractivity contribution < 1.29 is 0 Å². The fourth-order valence-electron chi connectivity index (χ4n) is 13.5. The number of anilines is 6. The van der Waals surface area contributed by atoms with Gasteiger partial charge in [0.25, 0.3) is 0 Å². The van der Waals surface area contributed by atoms with Crippen LogP contribution in [0.25, 0.3) is 88.0 Å². The number of benzene rings is 11. The molecule has 0 fully saturated rings. The van der Waals surface area contributed by atoms with E-state index in [1.807, 2.05) is 0 Å². The van der Waals surface area contributed by atoms with Gasteiger partial charge >= 0.3 is 0 Å². The largest absolute Gasteiger partial charge is 0.310 e. The number of fused-ring (bicyclic) bond motifs is 9. The van der Waals surface area contributed by atoms with Gasteiger partial charge in [-0.15, -0.1) is 0 Å². The molecule has 11 aromatic carbocycles. The topological polar surface area (TPSA) is 16.3 Å². The zero-order valence-corrected chi connectivity index (χ0v) is 46.6. The first kappa shape index (κ1) is 48.8. The first-order chi connectivity index (χ1) is 41.2. The quantitative estimate of drug-likeness (QED) is 0.128. The lowest BCUT2D eigenvalue weighted by Gasteiger charge is -2.31. The lowest BCUT2D eigenvalue weighted by molar-refractivity contribution is 0.473. The second-order valence-electron chi connectivity index (χ2n) is 22.1. The second kappa shape index (κ2) is 20.5. The highest BCUT2D eigenvalue weighted by Crippen LogP contribution is 2.59. The Morgan fingerprint density at radius 1 is 0.349 bits per heavy atom. The SMILES string of the molecule is C1=CCC(C2C=Cc3c(c4cc(-c5ccccc5)ccc4p3-c3cc(N(c4ccccc4)c4ccc5c(c4)c4ccccc4n5-c4ccccc4)cc(N(c4ccccc4)c4ccc5c(c4)c4ccccc4n5-c4ccccc4)c3)C2)C=C1. The fourth-order valence-corrected chi connectivity index (χ4v) is 16.2. The molecule has 0 bridgehead atoms. The molecule has 3 atom stereocenters. The van der Waals surface area contributed by atoms with Gasteiger partial charge in [-0.3, -0.25) is 0 Å². The molecule has 4 nitrogen and oxygen atoms in total. The molecule has 2 aliphatic carbocycles. The average Bonchev–Trinajstić information content (AvgIpc) is 3.01. The van der Waals surface area contributed by atoms with Crippen LogP contribution in [-0.2, 0) is 6.42 Å². The fraction of sp³-hybridized carbons (Fsp3) is 0.0513. The highest BCUT2D eigenvalue weighted by Gasteiger charge is 2.29. The van der Waals surface area contributed by atoms with Crippen molar-refractivity contribution in [3.05, 3.63) is 314 Å². The molecule has 16 rings (SSSR count). The van der Waals surface area contributed by atoms with Gasteiger partial charge in [-0.05, 0) is 174 Å². The van der Waals surface area contributed by atoms with Crippen LogP contribution in [0.15, 0.2) is 303 Å². The van der Waals surface area contributed by atoms with E-state index in [1.54, 1.807) is 0 Å². The average molecular weight is 1080 g/mol. The van der Waals surface area contributed by atoms with Gasteiger partial charge in [0.15, 0.2) is 0 Å². The van der Waals surface area contributed by atoms with E-state index in [-0.39, 0.29) is 0 Å². The minimum absolute atomic E-state index is 0.410. The van der Waals surface area contributed by atoms with Crippen molar-refractivity contribution in [3.8, 4) is 27.8 Å². The summed E-state index contributed by atoms with van der Waals surface area (Å²) < 4.78 is 4.81. The van der Waals surface area contributed by atoms with Crippen molar-refractivity contribution in [2.24, 2.45) is 11.8 Å². The first-order valence-corrected chi connectivity index (χ1v) is 30.3. The van der Waals surface area contributed by atoms with E-state index in [0.717, 1.165) is 58.3 Å². The zero-order valence-electron chi connectivity index (χ0n) is 45.7. The van der Waals surface area contributed by atoms with Crippen molar-refractivity contribution in [1.29, 1.82) is 0 Å². The summed E-state index contributed by atoms with van der Waals surface area (Å²) in [6.45, 7) is 0. The summed E-state index contributed by atoms with van der Waals surface area (Å²) >= 11 is 0. The van der Waals surface area contributed by atoms with Gasteiger partial charge in [-0.1, -0.05) is 190 Å². The van der Waals surface area contributed by atoms with Gasteiger partial charge in [0.1, 0.15) is 0 Å². The maximum Gasteiger partial charge on any atom is 0.0542 e. The summed E-state index contributed by atoms with van der Waals surface area (Å²) in [4.78, 5) is 4.99. The number of para-hydroxylation sites is 6. The van der Waals surface area contributed by atoms with Crippen molar-refractivity contribution in [3.63, 3.8) is 0 Å². The molecule has 3 aromatic heterocycles. The molecule has 14 aromatic rings. The van der Waals surface area contributed by atoms with Crippen LogP contribution in [-0.4, -0.2) is 9.13 Å². The van der Waals surface area contributed by atoms with Gasteiger partial charge in [0.05, 0.1) is 22.1 Å². The molecule has 83 heavy (non-hydrogen) atoms. The molecule has 3 unspecified atom stereocenters. The molecule has 0 amide bonds. The number of rotatable bonds is 11. The predicted molar refractivity (Wildman–Crippen MR) is 354 cm³/mol. The Kier molecular flexibility index (Phi) is 12.0. The number of hydrogen-bond donors (Lipinski definition) is 0. The third-order valence-corrected chi connectivity index (χ3v) is 19.8. The molecule has 0 N–H and O–H groups in total. The summed E-state index contributed by atoms with van der Waals surface area (Å²) in [6.07, 6.45) is 16.4. The van der Waals surface area contributed by atoms with E-state index in [4.69, 9.17) is 0 Å². The molecule has 0 saturated heterocycles. The Hall–Kier alpha value is -10.1. The Morgan fingerprint density at radius 2 is 0.855 bits per heavy atom. The smallest absolute Gasteiger partial charge is 0.0542 e. The molecular weight excluding hydrogens is 1020 g/mol. The van der Waals surface area contributed by atoms with Gasteiger partial charge in [-0.25, -0.2) is 0 Å². The van der Waals surface area contributed by atoms with Crippen LogP contribution in [0.3, 0.4) is 0 Å². The van der Waals surface area contributed by atoms with E-state index in [9.17, 15) is 0 Å². The molecule has 394 valence electrons. The Bertz CT molecular complexity index is 4640. The molecule has 0 saturated carbocycles. The standard InChI is InChI=1S/C78H57N4P/c1-7-23-54(24-8-1)56-39-45-77-71(47-56)72-48-57(55-25-9-2-10-26-55)40-46-78(72)83(77)66-50-64(79(58-27-11-3-12-28-58)62-41-43-75-69(52-62)67-35-19-21-37-73(67)81(75)60-31-15-5-16-32-60)49-65(51-66)80(59-29-13-4-14-30-59)63-42-44-76-70(53-63)68-36-20-22-38-74(68)82(76)61-33-17-6-18-34-61/h1-25,27-47,49-53,55,57H,26,48H2. The minimum atomic E-state index is -1.04. The van der Waals surface area contributed by atoms with E-state index in [2.05, 4.69) is 328 Å². The van der Waals surface area contributed by atoms with Gasteiger partial charge < -0.3 is 18.9 Å².